The Morgan fingerprint density at radius 2 is 1.88 bits per heavy atom. The summed E-state index contributed by atoms with van der Waals surface area (Å²) >= 11 is 0. The van der Waals surface area contributed by atoms with Gasteiger partial charge in [0.25, 0.3) is 0 Å². The number of fused-ring (bicyclic) bond motifs is 1. The molecule has 17 heavy (non-hydrogen) atoms. The van der Waals surface area contributed by atoms with Gasteiger partial charge in [0.2, 0.25) is 5.91 Å². The van der Waals surface area contributed by atoms with Crippen molar-refractivity contribution in [3.63, 3.8) is 0 Å². The molecule has 1 heterocycles. The predicted octanol–water partition coefficient (Wildman–Crippen LogP) is 1.53. The third-order valence-electron chi connectivity index (χ3n) is 3.02. The molecular formula is C12H14N2O3. The molecular weight excluding hydrogens is 220 g/mol. The number of benzene rings is 1. The van der Waals surface area contributed by atoms with E-state index in [4.69, 9.17) is 5.11 Å². The number of carboxylic acid groups (broad SMARTS) is 1. The van der Waals surface area contributed by atoms with E-state index in [1.807, 2.05) is 12.1 Å². The molecule has 3 N–H and O–H groups in total. The Kier molecular flexibility index (Phi) is 2.53. The molecule has 0 spiro atoms. The average molecular weight is 234 g/mol. The van der Waals surface area contributed by atoms with Crippen LogP contribution < -0.4 is 10.6 Å². The highest BCUT2D eigenvalue weighted by atomic mass is 16.4. The third kappa shape index (κ3) is 1.84. The molecule has 1 unspecified atom stereocenters. The summed E-state index contributed by atoms with van der Waals surface area (Å²) in [5.74, 6) is -1.33. The summed E-state index contributed by atoms with van der Waals surface area (Å²) < 4.78 is 0. The van der Waals surface area contributed by atoms with E-state index in [1.165, 1.54) is 13.8 Å². The zero-order valence-corrected chi connectivity index (χ0v) is 9.65. The van der Waals surface area contributed by atoms with Crippen LogP contribution in [0.1, 0.15) is 13.8 Å². The molecule has 2 rings (SSSR count). The Balaban J connectivity index is 2.36. The number of carbonyl (C=O) groups excluding carboxylic acids is 1. The van der Waals surface area contributed by atoms with Crippen molar-refractivity contribution in [2.45, 2.75) is 19.9 Å². The van der Waals surface area contributed by atoms with E-state index in [9.17, 15) is 9.59 Å². The largest absolute Gasteiger partial charge is 0.481 e. The fourth-order valence-corrected chi connectivity index (χ4v) is 1.78. The van der Waals surface area contributed by atoms with E-state index < -0.39 is 17.4 Å². The number of hydrogen-bond donors (Lipinski definition) is 3. The summed E-state index contributed by atoms with van der Waals surface area (Å²) in [5, 5.41) is 14.8. The van der Waals surface area contributed by atoms with E-state index >= 15 is 0 Å². The molecule has 0 fully saturated rings. The summed E-state index contributed by atoms with van der Waals surface area (Å²) in [7, 11) is 0. The normalized spacial score (nSPS) is 18.9. The zero-order valence-electron chi connectivity index (χ0n) is 9.65. The van der Waals surface area contributed by atoms with E-state index in [0.717, 1.165) is 5.69 Å². The molecule has 5 heteroatoms. The molecule has 1 aliphatic rings. The SMILES string of the molecule is CC(C)(C(=O)O)C1Nc2ccccc2NC1=O. The smallest absolute Gasteiger partial charge is 0.311 e. The van der Waals surface area contributed by atoms with Gasteiger partial charge in [0.05, 0.1) is 16.8 Å². The number of carbonyl (C=O) groups is 2. The van der Waals surface area contributed by atoms with Crippen molar-refractivity contribution < 1.29 is 14.7 Å². The Labute approximate surface area is 98.8 Å². The summed E-state index contributed by atoms with van der Waals surface area (Å²) in [4.78, 5) is 23.0. The third-order valence-corrected chi connectivity index (χ3v) is 3.02. The Morgan fingerprint density at radius 3 is 2.47 bits per heavy atom. The number of para-hydroxylation sites is 2. The highest BCUT2D eigenvalue weighted by Crippen LogP contribution is 2.32. The van der Waals surface area contributed by atoms with Crippen LogP contribution in [-0.2, 0) is 9.59 Å². The van der Waals surface area contributed by atoms with Crippen LogP contribution in [0.15, 0.2) is 24.3 Å². The van der Waals surface area contributed by atoms with Gasteiger partial charge in [-0.15, -0.1) is 0 Å². The maximum atomic E-state index is 11.9. The lowest BCUT2D eigenvalue weighted by molar-refractivity contribution is -0.149. The number of nitrogens with one attached hydrogen (secondary N) is 2. The highest BCUT2D eigenvalue weighted by Gasteiger charge is 2.43. The Bertz CT molecular complexity index is 482. The maximum absolute atomic E-state index is 11.9. The van der Waals surface area contributed by atoms with E-state index in [1.54, 1.807) is 12.1 Å². The molecule has 0 bridgehead atoms. The molecule has 1 atom stereocenters. The lowest BCUT2D eigenvalue weighted by atomic mass is 9.82. The number of rotatable bonds is 2. The molecule has 1 aliphatic heterocycles. The topological polar surface area (TPSA) is 78.4 Å². The van der Waals surface area contributed by atoms with Crippen molar-refractivity contribution in [3.05, 3.63) is 24.3 Å². The minimum atomic E-state index is -1.17. The van der Waals surface area contributed by atoms with Crippen molar-refractivity contribution in [1.82, 2.24) is 0 Å². The van der Waals surface area contributed by atoms with E-state index in [0.29, 0.717) is 5.69 Å². The molecule has 5 nitrogen and oxygen atoms in total. The number of anilines is 2. The second kappa shape index (κ2) is 3.76. The molecule has 1 aromatic carbocycles. The van der Waals surface area contributed by atoms with Gasteiger partial charge in [-0.1, -0.05) is 12.1 Å². The van der Waals surface area contributed by atoms with Crippen molar-refractivity contribution in [1.29, 1.82) is 0 Å². The predicted molar refractivity (Wildman–Crippen MR) is 63.9 cm³/mol. The van der Waals surface area contributed by atoms with Gasteiger partial charge in [-0.25, -0.2) is 0 Å². The number of aliphatic carboxylic acids is 1. The maximum Gasteiger partial charge on any atom is 0.311 e. The summed E-state index contributed by atoms with van der Waals surface area (Å²) in [6.07, 6.45) is 0. The molecule has 0 saturated heterocycles. The van der Waals surface area contributed by atoms with Crippen LogP contribution in [-0.4, -0.2) is 23.0 Å². The van der Waals surface area contributed by atoms with Crippen LogP contribution in [0.25, 0.3) is 0 Å². The van der Waals surface area contributed by atoms with Crippen LogP contribution in [0.2, 0.25) is 0 Å². The van der Waals surface area contributed by atoms with Crippen LogP contribution in [0.4, 0.5) is 11.4 Å². The van der Waals surface area contributed by atoms with E-state index in [2.05, 4.69) is 10.6 Å². The Morgan fingerprint density at radius 1 is 1.29 bits per heavy atom. The fourth-order valence-electron chi connectivity index (χ4n) is 1.78. The zero-order chi connectivity index (χ0) is 12.6. The minimum Gasteiger partial charge on any atom is -0.481 e. The molecule has 90 valence electrons. The van der Waals surface area contributed by atoms with Crippen LogP contribution >= 0.6 is 0 Å². The summed E-state index contributed by atoms with van der Waals surface area (Å²) in [6.45, 7) is 3.06. The van der Waals surface area contributed by atoms with E-state index in [-0.39, 0.29) is 5.91 Å². The van der Waals surface area contributed by atoms with Gasteiger partial charge in [0.15, 0.2) is 0 Å². The van der Waals surface area contributed by atoms with Gasteiger partial charge < -0.3 is 15.7 Å². The highest BCUT2D eigenvalue weighted by molar-refractivity contribution is 6.05. The average Bonchev–Trinajstić information content (AvgIpc) is 2.27. The van der Waals surface area contributed by atoms with Crippen LogP contribution in [0, 0.1) is 5.41 Å². The van der Waals surface area contributed by atoms with Crippen molar-refractivity contribution >= 4 is 23.3 Å². The fraction of sp³-hybridized carbons (Fsp3) is 0.333. The van der Waals surface area contributed by atoms with Gasteiger partial charge in [-0.2, -0.15) is 0 Å². The van der Waals surface area contributed by atoms with Gasteiger partial charge in [-0.05, 0) is 26.0 Å². The molecule has 1 amide bonds. The molecule has 0 aliphatic carbocycles. The number of hydrogen-bond acceptors (Lipinski definition) is 3. The molecule has 0 aromatic heterocycles. The van der Waals surface area contributed by atoms with Gasteiger partial charge in [-0.3, -0.25) is 9.59 Å². The van der Waals surface area contributed by atoms with Crippen molar-refractivity contribution in [3.8, 4) is 0 Å². The van der Waals surface area contributed by atoms with Crippen molar-refractivity contribution in [2.24, 2.45) is 5.41 Å². The number of carboxylic acids is 1. The van der Waals surface area contributed by atoms with Crippen molar-refractivity contribution in [2.75, 3.05) is 10.6 Å². The monoisotopic (exact) mass is 234 g/mol. The van der Waals surface area contributed by atoms with Gasteiger partial charge in [0, 0.05) is 0 Å². The first-order chi connectivity index (χ1) is 7.93. The van der Waals surface area contributed by atoms with Gasteiger partial charge in [0.1, 0.15) is 6.04 Å². The molecule has 0 saturated carbocycles. The number of amides is 1. The lowest BCUT2D eigenvalue weighted by Gasteiger charge is -2.34. The van der Waals surface area contributed by atoms with Crippen LogP contribution in [0.3, 0.4) is 0 Å². The second-order valence-electron chi connectivity index (χ2n) is 4.64. The summed E-state index contributed by atoms with van der Waals surface area (Å²) in [5.41, 5.74) is 0.249. The molecule has 1 aromatic rings. The van der Waals surface area contributed by atoms with Crippen LogP contribution in [0.5, 0.6) is 0 Å². The second-order valence-corrected chi connectivity index (χ2v) is 4.64. The quantitative estimate of drug-likeness (QED) is 0.725. The minimum absolute atomic E-state index is 0.323. The summed E-state index contributed by atoms with van der Waals surface area (Å²) in [6, 6.07) is 6.43. The first kappa shape index (κ1) is 11.4. The lowest BCUT2D eigenvalue weighted by Crippen LogP contribution is -2.51. The molecule has 0 radical (unpaired) electrons. The standard InChI is InChI=1S/C12H14N2O3/c1-12(2,11(16)17)9-10(15)14-8-6-4-3-5-7(8)13-9/h3-6,9,13H,1-2H3,(H,14,15)(H,16,17). The Hall–Kier alpha value is -2.04. The van der Waals surface area contributed by atoms with Gasteiger partial charge >= 0.3 is 5.97 Å². The first-order valence-corrected chi connectivity index (χ1v) is 5.33. The first-order valence-electron chi connectivity index (χ1n) is 5.33.